The third-order valence-electron chi connectivity index (χ3n) is 3.59. The molecule has 1 unspecified atom stereocenters. The van der Waals surface area contributed by atoms with Gasteiger partial charge in [-0.25, -0.2) is 0 Å². The van der Waals surface area contributed by atoms with E-state index in [0.29, 0.717) is 0 Å². The van der Waals surface area contributed by atoms with Crippen molar-refractivity contribution in [2.45, 2.75) is 138 Å². The molecule has 4 N–H and O–H groups in total. The van der Waals surface area contributed by atoms with Gasteiger partial charge in [-0.3, -0.25) is 0 Å². The predicted octanol–water partition coefficient (Wildman–Crippen LogP) is 12.3. The van der Waals surface area contributed by atoms with Crippen LogP contribution in [-0.4, -0.2) is 31.0 Å². The molecular formula is C33H64N4SiTi. The summed E-state index contributed by atoms with van der Waals surface area (Å²) >= 11 is 0. The van der Waals surface area contributed by atoms with Crippen LogP contribution in [-0.2, 0) is 21.7 Å². The number of hydrogen-bond acceptors (Lipinski definition) is 0. The summed E-state index contributed by atoms with van der Waals surface area (Å²) in [6.07, 6.45) is 3.28. The van der Waals surface area contributed by atoms with Gasteiger partial charge in [0.05, 0.1) is 0 Å². The molecule has 1 aliphatic carbocycles. The van der Waals surface area contributed by atoms with E-state index in [0.717, 1.165) is 5.54 Å². The van der Waals surface area contributed by atoms with Gasteiger partial charge in [-0.15, -0.1) is 22.2 Å². The Kier molecular flexibility index (Phi) is 26.9. The Morgan fingerprint density at radius 2 is 0.897 bits per heavy atom. The van der Waals surface area contributed by atoms with E-state index >= 15 is 0 Å². The Hall–Kier alpha value is -0.789. The first-order chi connectivity index (χ1) is 16.5. The molecule has 0 aromatic heterocycles. The molecule has 1 aliphatic rings. The van der Waals surface area contributed by atoms with Crippen LogP contribution in [0, 0.1) is 0 Å². The monoisotopic (exact) mass is 592 g/mol. The molecule has 1 atom stereocenters. The Labute approximate surface area is 262 Å². The maximum Gasteiger partial charge on any atom is 4.00 e. The van der Waals surface area contributed by atoms with E-state index in [2.05, 4.69) is 64.4 Å². The number of hydrogen-bond donors (Lipinski definition) is 0. The summed E-state index contributed by atoms with van der Waals surface area (Å²) in [6.45, 7) is 38.4. The Balaban J connectivity index is -0.000000131. The second-order valence-electron chi connectivity index (χ2n) is 14.1. The van der Waals surface area contributed by atoms with Crippen LogP contribution in [0.2, 0.25) is 13.1 Å². The topological polar surface area (TPSA) is 95.2 Å². The zero-order chi connectivity index (χ0) is 31.7. The summed E-state index contributed by atoms with van der Waals surface area (Å²) in [5.41, 5.74) is 33.8. The van der Waals surface area contributed by atoms with E-state index in [1.165, 1.54) is 11.1 Å². The molecule has 0 radical (unpaired) electrons. The molecular weight excluding hydrogens is 528 g/mol. The minimum atomic E-state index is -0.614. The van der Waals surface area contributed by atoms with E-state index < -0.39 is 8.80 Å². The van der Waals surface area contributed by atoms with Crippen LogP contribution in [0.3, 0.4) is 0 Å². The van der Waals surface area contributed by atoms with Crippen LogP contribution in [0.1, 0.15) is 114 Å². The maximum absolute atomic E-state index is 6.94. The van der Waals surface area contributed by atoms with Crippen molar-refractivity contribution in [2.75, 3.05) is 0 Å². The fourth-order valence-corrected chi connectivity index (χ4v) is 4.91. The van der Waals surface area contributed by atoms with Crippen molar-refractivity contribution < 1.29 is 21.7 Å². The molecule has 224 valence electrons. The molecule has 4 nitrogen and oxygen atoms in total. The van der Waals surface area contributed by atoms with Gasteiger partial charge in [-0.2, -0.15) is 0 Å². The van der Waals surface area contributed by atoms with Crippen molar-refractivity contribution in [1.29, 1.82) is 0 Å². The number of nitrogens with one attached hydrogen (secondary N) is 4. The zero-order valence-corrected chi connectivity index (χ0v) is 31.2. The van der Waals surface area contributed by atoms with Crippen molar-refractivity contribution >= 4 is 14.4 Å². The van der Waals surface area contributed by atoms with Gasteiger partial charge in [-0.1, -0.05) is 151 Å². The van der Waals surface area contributed by atoms with Gasteiger partial charge in [0.2, 0.25) is 0 Å². The van der Waals surface area contributed by atoms with E-state index in [1.807, 2.05) is 83.1 Å². The molecule has 2 rings (SSSR count). The smallest absolute Gasteiger partial charge is 0.673 e. The fraction of sp³-hybridized carbons (Fsp3) is 0.636. The van der Waals surface area contributed by atoms with Crippen molar-refractivity contribution in [3.05, 3.63) is 89.2 Å². The van der Waals surface area contributed by atoms with Crippen LogP contribution < -0.4 is 0 Å². The molecule has 0 fully saturated rings. The molecule has 0 amide bonds. The Morgan fingerprint density at radius 3 is 1.13 bits per heavy atom. The molecule has 39 heavy (non-hydrogen) atoms. The van der Waals surface area contributed by atoms with Crippen LogP contribution in [0.15, 0.2) is 55.1 Å². The number of allylic oxidation sites excluding steroid dienone is 4. The van der Waals surface area contributed by atoms with Crippen LogP contribution in [0.25, 0.3) is 28.5 Å². The summed E-state index contributed by atoms with van der Waals surface area (Å²) in [5.74, 6) is 0. The first-order valence-electron chi connectivity index (χ1n) is 13.5. The summed E-state index contributed by atoms with van der Waals surface area (Å²) in [7, 11) is -0.614. The second kappa shape index (κ2) is 21.9. The molecule has 6 heteroatoms. The van der Waals surface area contributed by atoms with Crippen LogP contribution >= 0.6 is 0 Å². The number of fused-ring (bicyclic) bond motifs is 1. The number of benzene rings is 1. The van der Waals surface area contributed by atoms with Gasteiger partial charge in [0, 0.05) is 8.80 Å². The molecule has 0 bridgehead atoms. The summed E-state index contributed by atoms with van der Waals surface area (Å²) in [6, 6.07) is 8.91. The predicted molar refractivity (Wildman–Crippen MR) is 183 cm³/mol. The molecule has 0 heterocycles. The maximum atomic E-state index is 6.94. The minimum absolute atomic E-state index is 0. The molecule has 0 saturated carbocycles. The largest absolute Gasteiger partial charge is 4.00 e. The van der Waals surface area contributed by atoms with Gasteiger partial charge >= 0.3 is 21.7 Å². The van der Waals surface area contributed by atoms with E-state index in [4.69, 9.17) is 22.9 Å². The van der Waals surface area contributed by atoms with Gasteiger partial charge in [0.1, 0.15) is 0 Å². The van der Waals surface area contributed by atoms with Crippen molar-refractivity contribution in [3.8, 4) is 0 Å². The second-order valence-corrected chi connectivity index (χ2v) is 17.2. The molecule has 1 aromatic rings. The van der Waals surface area contributed by atoms with Gasteiger partial charge in [-0.05, 0) is 36.1 Å². The minimum Gasteiger partial charge on any atom is -0.673 e. The molecule has 0 aliphatic heterocycles. The quantitative estimate of drug-likeness (QED) is 0.241. The van der Waals surface area contributed by atoms with E-state index in [-0.39, 0.29) is 43.9 Å². The third kappa shape index (κ3) is 47.4. The average Bonchev–Trinajstić information content (AvgIpc) is 2.87. The Morgan fingerprint density at radius 1 is 0.641 bits per heavy atom. The molecule has 0 spiro atoms. The Bertz CT molecular complexity index is 725. The van der Waals surface area contributed by atoms with Crippen molar-refractivity contribution in [1.82, 2.24) is 0 Å². The normalized spacial score (nSPS) is 14.0. The standard InChI is InChI=1S/C13H18Si.4C4H10N.C4H6.Ti/c1-9-10(2)13(14(3)4)12-8-6-5-7-11(9)12;4*1-4(2,3)5;1-3-4-2;/h5-8,13-14H,1-4H3;4*5H,1-3H3;3-4H,1-2H2;/q;4*-1;;+4. The summed E-state index contributed by atoms with van der Waals surface area (Å²) in [5, 5.41) is 0. The van der Waals surface area contributed by atoms with Gasteiger partial charge < -0.3 is 22.9 Å². The zero-order valence-electron chi connectivity index (χ0n) is 28.5. The molecule has 1 aromatic carbocycles. The van der Waals surface area contributed by atoms with E-state index in [9.17, 15) is 0 Å². The molecule has 0 saturated heterocycles. The van der Waals surface area contributed by atoms with Gasteiger partial charge in [0.25, 0.3) is 0 Å². The van der Waals surface area contributed by atoms with Crippen LogP contribution in [0.4, 0.5) is 0 Å². The van der Waals surface area contributed by atoms with Gasteiger partial charge in [0.15, 0.2) is 0 Å². The average molecular weight is 593 g/mol. The first kappa shape index (κ1) is 48.0. The fourth-order valence-electron chi connectivity index (χ4n) is 2.65. The summed E-state index contributed by atoms with van der Waals surface area (Å²) < 4.78 is 0. The summed E-state index contributed by atoms with van der Waals surface area (Å²) in [4.78, 5) is 0. The van der Waals surface area contributed by atoms with Crippen LogP contribution in [0.5, 0.6) is 0 Å². The van der Waals surface area contributed by atoms with E-state index in [1.54, 1.807) is 23.3 Å². The SMILES string of the molecule is C=CC=C.CC(C)(C)[NH-].CC(C)(C)[NH-].CC(C)(C)[NH-].CC(C)(C)[NH-].CC1=C(C)C([SiH](C)C)c2ccccc21.[Ti+4]. The van der Waals surface area contributed by atoms with Crippen molar-refractivity contribution in [3.63, 3.8) is 0 Å². The first-order valence-corrected chi connectivity index (χ1v) is 16.5. The van der Waals surface area contributed by atoms with Crippen molar-refractivity contribution in [2.24, 2.45) is 0 Å². The number of rotatable bonds is 2. The third-order valence-corrected chi connectivity index (χ3v) is 5.78.